The maximum Gasteiger partial charge on any atom is 0.238 e. The van der Waals surface area contributed by atoms with Crippen molar-refractivity contribution in [2.45, 2.75) is 6.54 Å². The fraction of sp³-hybridized carbons (Fsp3) is 0.176. The number of aromatic nitrogens is 1. The van der Waals surface area contributed by atoms with Crippen molar-refractivity contribution in [3.63, 3.8) is 0 Å². The Morgan fingerprint density at radius 2 is 1.92 bits per heavy atom. The van der Waals surface area contributed by atoms with Gasteiger partial charge in [-0.15, -0.1) is 0 Å². The van der Waals surface area contributed by atoms with E-state index in [0.29, 0.717) is 17.0 Å². The number of halogens is 3. The van der Waals surface area contributed by atoms with Crippen LogP contribution < -0.4 is 5.32 Å². The number of rotatable bonds is 5. The lowest BCUT2D eigenvalue weighted by atomic mass is 10.2. The zero-order chi connectivity index (χ0) is 18.0. The molecule has 0 aliphatic rings. The van der Waals surface area contributed by atoms with Crippen molar-refractivity contribution < 1.29 is 22.4 Å². The second kappa shape index (κ2) is 6.94. The lowest BCUT2D eigenvalue weighted by Gasteiger charge is -2.14. The minimum atomic E-state index is -1.63. The van der Waals surface area contributed by atoms with Gasteiger partial charge in [0.15, 0.2) is 23.0 Å². The molecule has 0 saturated heterocycles. The average Bonchev–Trinajstić information content (AvgIpc) is 2.97. The van der Waals surface area contributed by atoms with Gasteiger partial charge in [0.2, 0.25) is 11.8 Å². The summed E-state index contributed by atoms with van der Waals surface area (Å²) < 4.78 is 45.2. The van der Waals surface area contributed by atoms with E-state index in [0.717, 1.165) is 12.1 Å². The molecule has 1 heterocycles. The van der Waals surface area contributed by atoms with E-state index < -0.39 is 29.0 Å². The number of para-hydroxylation sites is 2. The smallest absolute Gasteiger partial charge is 0.238 e. The fourth-order valence-electron chi connectivity index (χ4n) is 2.33. The molecule has 0 bridgehead atoms. The van der Waals surface area contributed by atoms with E-state index in [1.165, 1.54) is 0 Å². The molecule has 1 N–H and O–H groups in total. The number of oxazole rings is 1. The summed E-state index contributed by atoms with van der Waals surface area (Å²) in [5.74, 6) is -4.53. The molecule has 0 atom stereocenters. The van der Waals surface area contributed by atoms with E-state index in [1.54, 1.807) is 24.1 Å². The van der Waals surface area contributed by atoms with Gasteiger partial charge in [-0.05, 0) is 31.3 Å². The van der Waals surface area contributed by atoms with Crippen LogP contribution in [0.1, 0.15) is 5.89 Å². The van der Waals surface area contributed by atoms with Gasteiger partial charge in [-0.1, -0.05) is 12.1 Å². The highest BCUT2D eigenvalue weighted by molar-refractivity contribution is 5.92. The Labute approximate surface area is 141 Å². The van der Waals surface area contributed by atoms with Crippen molar-refractivity contribution in [2.24, 2.45) is 0 Å². The summed E-state index contributed by atoms with van der Waals surface area (Å²) in [6.07, 6.45) is 0. The van der Waals surface area contributed by atoms with Crippen LogP contribution in [0.5, 0.6) is 0 Å². The summed E-state index contributed by atoms with van der Waals surface area (Å²) in [5.41, 5.74) is 0.928. The third-order valence-electron chi connectivity index (χ3n) is 3.47. The summed E-state index contributed by atoms with van der Waals surface area (Å²) >= 11 is 0. The number of amides is 1. The zero-order valence-corrected chi connectivity index (χ0v) is 13.2. The van der Waals surface area contributed by atoms with Crippen molar-refractivity contribution in [1.29, 1.82) is 0 Å². The van der Waals surface area contributed by atoms with Gasteiger partial charge in [-0.25, -0.2) is 18.2 Å². The number of fused-ring (bicyclic) bond motifs is 1. The summed E-state index contributed by atoms with van der Waals surface area (Å²) in [6.45, 7) is 0.138. The SMILES string of the molecule is CN(CC(=O)Nc1ccc(F)c(F)c1F)Cc1nc2ccccc2o1. The predicted molar refractivity (Wildman–Crippen MR) is 85.3 cm³/mol. The van der Waals surface area contributed by atoms with Gasteiger partial charge in [0.25, 0.3) is 0 Å². The Hall–Kier alpha value is -2.87. The number of hydrogen-bond acceptors (Lipinski definition) is 4. The molecule has 3 aromatic rings. The second-order valence-electron chi connectivity index (χ2n) is 5.52. The number of nitrogens with one attached hydrogen (secondary N) is 1. The Kier molecular flexibility index (Phi) is 4.71. The summed E-state index contributed by atoms with van der Waals surface area (Å²) in [7, 11) is 1.65. The van der Waals surface area contributed by atoms with Gasteiger partial charge in [-0.3, -0.25) is 9.69 Å². The van der Waals surface area contributed by atoms with Crippen LogP contribution in [-0.2, 0) is 11.3 Å². The van der Waals surface area contributed by atoms with Gasteiger partial charge >= 0.3 is 0 Å². The van der Waals surface area contributed by atoms with Crippen LogP contribution in [0.2, 0.25) is 0 Å². The van der Waals surface area contributed by atoms with Crippen LogP contribution in [0.4, 0.5) is 18.9 Å². The maximum atomic E-state index is 13.6. The van der Waals surface area contributed by atoms with Crippen LogP contribution in [0.3, 0.4) is 0 Å². The lowest BCUT2D eigenvalue weighted by Crippen LogP contribution is -2.30. The molecule has 0 unspecified atom stereocenters. The normalized spacial score (nSPS) is 11.2. The number of hydrogen-bond donors (Lipinski definition) is 1. The van der Waals surface area contributed by atoms with Crippen molar-refractivity contribution in [2.75, 3.05) is 18.9 Å². The minimum Gasteiger partial charge on any atom is -0.439 e. The number of anilines is 1. The Balaban J connectivity index is 1.61. The molecule has 0 radical (unpaired) electrons. The Morgan fingerprint density at radius 1 is 1.16 bits per heavy atom. The van der Waals surface area contributed by atoms with Crippen molar-refractivity contribution in [1.82, 2.24) is 9.88 Å². The van der Waals surface area contributed by atoms with Crippen molar-refractivity contribution in [3.05, 3.63) is 59.7 Å². The number of benzene rings is 2. The molecule has 0 aliphatic heterocycles. The summed E-state index contributed by atoms with van der Waals surface area (Å²) in [5, 5.41) is 2.21. The van der Waals surface area contributed by atoms with Crippen molar-refractivity contribution >= 4 is 22.7 Å². The first-order valence-electron chi connectivity index (χ1n) is 7.40. The molecule has 1 amide bonds. The average molecular weight is 349 g/mol. The summed E-state index contributed by atoms with van der Waals surface area (Å²) in [6, 6.07) is 8.96. The second-order valence-corrected chi connectivity index (χ2v) is 5.52. The van der Waals surface area contributed by atoms with Crippen LogP contribution in [0.25, 0.3) is 11.1 Å². The summed E-state index contributed by atoms with van der Waals surface area (Å²) in [4.78, 5) is 17.8. The number of carbonyl (C=O) groups excluding carboxylic acids is 1. The number of carbonyl (C=O) groups is 1. The zero-order valence-electron chi connectivity index (χ0n) is 13.2. The van der Waals surface area contributed by atoms with E-state index in [1.807, 2.05) is 12.1 Å². The molecule has 5 nitrogen and oxygen atoms in total. The quantitative estimate of drug-likeness (QED) is 0.718. The maximum absolute atomic E-state index is 13.6. The molecular weight excluding hydrogens is 335 g/mol. The van der Waals surface area contributed by atoms with Crippen LogP contribution in [0, 0.1) is 17.5 Å². The van der Waals surface area contributed by atoms with Gasteiger partial charge in [0.05, 0.1) is 18.8 Å². The van der Waals surface area contributed by atoms with E-state index in [4.69, 9.17) is 4.42 Å². The van der Waals surface area contributed by atoms with Crippen LogP contribution in [-0.4, -0.2) is 29.4 Å². The van der Waals surface area contributed by atoms with Gasteiger partial charge in [-0.2, -0.15) is 0 Å². The predicted octanol–water partition coefficient (Wildman–Crippen LogP) is 3.32. The van der Waals surface area contributed by atoms with Crippen LogP contribution >= 0.6 is 0 Å². The molecule has 130 valence electrons. The molecule has 1 aromatic heterocycles. The monoisotopic (exact) mass is 349 g/mol. The first-order valence-corrected chi connectivity index (χ1v) is 7.40. The molecule has 0 spiro atoms. The molecule has 0 fully saturated rings. The molecule has 25 heavy (non-hydrogen) atoms. The Bertz CT molecular complexity index is 894. The van der Waals surface area contributed by atoms with Crippen molar-refractivity contribution in [3.8, 4) is 0 Å². The number of likely N-dealkylation sites (N-methyl/N-ethyl adjacent to an activating group) is 1. The third kappa shape index (κ3) is 3.80. The highest BCUT2D eigenvalue weighted by Crippen LogP contribution is 2.20. The molecule has 8 heteroatoms. The van der Waals surface area contributed by atoms with Gasteiger partial charge < -0.3 is 9.73 Å². The fourth-order valence-corrected chi connectivity index (χ4v) is 2.33. The molecule has 0 aliphatic carbocycles. The van der Waals surface area contributed by atoms with E-state index in [9.17, 15) is 18.0 Å². The number of nitrogens with zero attached hydrogens (tertiary/aromatic N) is 2. The van der Waals surface area contributed by atoms with E-state index in [2.05, 4.69) is 10.3 Å². The standard InChI is InChI=1S/C17H14F3N3O2/c1-23(9-15-22-11-4-2-3-5-13(11)25-15)8-14(24)21-12-7-6-10(18)16(19)17(12)20/h2-7H,8-9H2,1H3,(H,21,24). The lowest BCUT2D eigenvalue weighted by molar-refractivity contribution is -0.117. The first kappa shape index (κ1) is 17.0. The highest BCUT2D eigenvalue weighted by atomic mass is 19.2. The third-order valence-corrected chi connectivity index (χ3v) is 3.47. The minimum absolute atomic E-state index is 0.114. The molecule has 3 rings (SSSR count). The van der Waals surface area contributed by atoms with E-state index >= 15 is 0 Å². The highest BCUT2D eigenvalue weighted by Gasteiger charge is 2.16. The van der Waals surface area contributed by atoms with Gasteiger partial charge in [0, 0.05) is 0 Å². The van der Waals surface area contributed by atoms with E-state index in [-0.39, 0.29) is 13.1 Å². The Morgan fingerprint density at radius 3 is 2.68 bits per heavy atom. The van der Waals surface area contributed by atoms with Gasteiger partial charge in [0.1, 0.15) is 5.52 Å². The largest absolute Gasteiger partial charge is 0.439 e. The first-order chi connectivity index (χ1) is 11.9. The molecule has 0 saturated carbocycles. The molecular formula is C17H14F3N3O2. The topological polar surface area (TPSA) is 58.4 Å². The van der Waals surface area contributed by atoms with Crippen LogP contribution in [0.15, 0.2) is 40.8 Å². The molecule has 2 aromatic carbocycles.